The Morgan fingerprint density at radius 1 is 0.769 bits per heavy atom. The first-order chi connectivity index (χ1) is 12.3. The topological polar surface area (TPSA) is 43.5 Å². The molecule has 26 heavy (non-hydrogen) atoms. The zero-order valence-corrected chi connectivity index (χ0v) is 15.8. The molecule has 4 rings (SSSR count). The molecule has 4 nitrogen and oxygen atoms in total. The summed E-state index contributed by atoms with van der Waals surface area (Å²) in [5, 5.41) is 0. The first-order valence-electron chi connectivity index (χ1n) is 9.14. The molecular formula is C22H26O4. The molecule has 0 bridgehead atoms. The summed E-state index contributed by atoms with van der Waals surface area (Å²) in [5.74, 6) is 1.72. The van der Waals surface area contributed by atoms with Crippen LogP contribution in [0.4, 0.5) is 0 Å². The second-order valence-corrected chi connectivity index (χ2v) is 8.08. The molecule has 2 atom stereocenters. The maximum absolute atomic E-state index is 6.10. The van der Waals surface area contributed by atoms with Crippen LogP contribution in [0.2, 0.25) is 0 Å². The summed E-state index contributed by atoms with van der Waals surface area (Å²) in [6, 6.07) is 16.6. The maximum Gasteiger partial charge on any atom is 0.223 e. The van der Waals surface area contributed by atoms with E-state index in [2.05, 4.69) is 52.0 Å². The van der Waals surface area contributed by atoms with E-state index in [0.717, 1.165) is 18.1 Å². The fraction of sp³-hybridized carbons (Fsp3) is 0.455. The van der Waals surface area contributed by atoms with Crippen LogP contribution in [0.1, 0.15) is 38.8 Å². The molecule has 2 aliphatic heterocycles. The Hall–Kier alpha value is -2.04. The lowest BCUT2D eigenvalue weighted by molar-refractivity contribution is 0.0744. The third-order valence-corrected chi connectivity index (χ3v) is 5.21. The zero-order valence-electron chi connectivity index (χ0n) is 15.8. The second-order valence-electron chi connectivity index (χ2n) is 8.08. The van der Waals surface area contributed by atoms with Crippen molar-refractivity contribution in [3.05, 3.63) is 59.7 Å². The molecule has 2 saturated heterocycles. The number of ether oxygens (including phenoxy) is 4. The molecular weight excluding hydrogens is 328 g/mol. The van der Waals surface area contributed by atoms with Gasteiger partial charge in [-0.1, -0.05) is 38.1 Å². The van der Waals surface area contributed by atoms with Crippen molar-refractivity contribution in [1.82, 2.24) is 0 Å². The third-order valence-electron chi connectivity index (χ3n) is 5.21. The third kappa shape index (κ3) is 3.71. The molecule has 4 heteroatoms. The van der Waals surface area contributed by atoms with Crippen LogP contribution in [0.25, 0.3) is 0 Å². The summed E-state index contributed by atoms with van der Waals surface area (Å²) >= 11 is 0. The van der Waals surface area contributed by atoms with Crippen molar-refractivity contribution in [1.29, 1.82) is 0 Å². The molecule has 2 heterocycles. The van der Waals surface area contributed by atoms with Crippen LogP contribution in [0.5, 0.6) is 11.5 Å². The van der Waals surface area contributed by atoms with Crippen LogP contribution in [0.15, 0.2) is 48.5 Å². The van der Waals surface area contributed by atoms with E-state index in [-0.39, 0.29) is 23.4 Å². The van der Waals surface area contributed by atoms with E-state index < -0.39 is 0 Å². The van der Waals surface area contributed by atoms with Crippen LogP contribution in [-0.4, -0.2) is 31.2 Å². The largest absolute Gasteiger partial charge is 0.485 e. The minimum atomic E-state index is -0.294. The molecule has 0 amide bonds. The van der Waals surface area contributed by atoms with E-state index in [4.69, 9.17) is 18.9 Å². The van der Waals surface area contributed by atoms with Crippen LogP contribution in [-0.2, 0) is 14.9 Å². The first kappa shape index (κ1) is 17.4. The number of hydrogen-bond donors (Lipinski definition) is 0. The predicted molar refractivity (Wildman–Crippen MR) is 99.8 cm³/mol. The van der Waals surface area contributed by atoms with Crippen molar-refractivity contribution in [2.75, 3.05) is 13.2 Å². The van der Waals surface area contributed by atoms with E-state index in [1.807, 2.05) is 24.3 Å². The van der Waals surface area contributed by atoms with Crippen molar-refractivity contribution in [2.45, 2.75) is 51.1 Å². The maximum atomic E-state index is 6.10. The van der Waals surface area contributed by atoms with Gasteiger partial charge in [-0.3, -0.25) is 0 Å². The van der Waals surface area contributed by atoms with Gasteiger partial charge in [0.2, 0.25) is 6.29 Å². The molecule has 0 radical (unpaired) electrons. The highest BCUT2D eigenvalue weighted by Crippen LogP contribution is 2.35. The number of epoxide rings is 2. The highest BCUT2D eigenvalue weighted by Gasteiger charge is 2.41. The lowest BCUT2D eigenvalue weighted by Crippen LogP contribution is -2.34. The van der Waals surface area contributed by atoms with Gasteiger partial charge in [0, 0.05) is 5.41 Å². The van der Waals surface area contributed by atoms with Crippen molar-refractivity contribution in [3.63, 3.8) is 0 Å². The Morgan fingerprint density at radius 3 is 1.73 bits per heavy atom. The molecule has 0 saturated carbocycles. The van der Waals surface area contributed by atoms with E-state index in [0.29, 0.717) is 6.61 Å². The van der Waals surface area contributed by atoms with E-state index in [9.17, 15) is 0 Å². The summed E-state index contributed by atoms with van der Waals surface area (Å²) in [7, 11) is 0. The Labute approximate surface area is 155 Å². The summed E-state index contributed by atoms with van der Waals surface area (Å²) in [6.45, 7) is 10.1. The average molecular weight is 354 g/mol. The SMILES string of the molecule is CC(C)(c1ccc(OC2CO2)cc1)c1ccc(OC(C)(C)C2CO2)cc1. The summed E-state index contributed by atoms with van der Waals surface area (Å²) in [4.78, 5) is 0. The van der Waals surface area contributed by atoms with Gasteiger partial charge in [-0.05, 0) is 49.2 Å². The van der Waals surface area contributed by atoms with Gasteiger partial charge in [0.15, 0.2) is 0 Å². The summed E-state index contributed by atoms with van der Waals surface area (Å²) in [6.07, 6.45) is 0.132. The number of benzene rings is 2. The zero-order chi connectivity index (χ0) is 18.4. The highest BCUT2D eigenvalue weighted by atomic mass is 16.8. The molecule has 0 aromatic heterocycles. The van der Waals surface area contributed by atoms with Crippen molar-refractivity contribution >= 4 is 0 Å². The van der Waals surface area contributed by atoms with Gasteiger partial charge in [0.05, 0.1) is 6.61 Å². The second kappa shape index (κ2) is 6.29. The lowest BCUT2D eigenvalue weighted by Gasteiger charge is -2.28. The van der Waals surface area contributed by atoms with Gasteiger partial charge in [-0.25, -0.2) is 0 Å². The van der Waals surface area contributed by atoms with Gasteiger partial charge < -0.3 is 18.9 Å². The molecule has 2 aliphatic rings. The number of hydrogen-bond acceptors (Lipinski definition) is 4. The fourth-order valence-electron chi connectivity index (χ4n) is 3.13. The molecule has 138 valence electrons. The monoisotopic (exact) mass is 354 g/mol. The van der Waals surface area contributed by atoms with E-state index >= 15 is 0 Å². The van der Waals surface area contributed by atoms with E-state index in [1.165, 1.54) is 11.1 Å². The van der Waals surface area contributed by atoms with Gasteiger partial charge in [-0.15, -0.1) is 0 Å². The molecule has 2 aromatic rings. The smallest absolute Gasteiger partial charge is 0.223 e. The Balaban J connectivity index is 1.47. The van der Waals surface area contributed by atoms with Crippen molar-refractivity contribution < 1.29 is 18.9 Å². The Morgan fingerprint density at radius 2 is 1.27 bits per heavy atom. The quantitative estimate of drug-likeness (QED) is 0.695. The van der Waals surface area contributed by atoms with Crippen LogP contribution in [0, 0.1) is 0 Å². The summed E-state index contributed by atoms with van der Waals surface area (Å²) in [5.41, 5.74) is 2.08. The van der Waals surface area contributed by atoms with Gasteiger partial charge >= 0.3 is 0 Å². The Bertz CT molecular complexity index is 754. The predicted octanol–water partition coefficient (Wildman–Crippen LogP) is 4.30. The Kier molecular flexibility index (Phi) is 4.20. The van der Waals surface area contributed by atoms with Crippen molar-refractivity contribution in [3.8, 4) is 11.5 Å². The molecule has 2 aromatic carbocycles. The van der Waals surface area contributed by atoms with Crippen LogP contribution < -0.4 is 9.47 Å². The molecule has 0 aliphatic carbocycles. The van der Waals surface area contributed by atoms with Gasteiger partial charge in [0.1, 0.15) is 29.8 Å². The van der Waals surface area contributed by atoms with Crippen LogP contribution in [0.3, 0.4) is 0 Å². The minimum absolute atomic E-state index is 0.0632. The highest BCUT2D eigenvalue weighted by molar-refractivity contribution is 5.42. The van der Waals surface area contributed by atoms with Gasteiger partial charge in [0.25, 0.3) is 0 Å². The van der Waals surface area contributed by atoms with Crippen LogP contribution >= 0.6 is 0 Å². The standard InChI is InChI=1S/C22H26O4/c1-21(2,15-5-9-17(10-6-15)25-20-14-24-20)16-7-11-18(12-8-16)26-22(3,4)19-13-23-19/h5-12,19-20H,13-14H2,1-4H3. The summed E-state index contributed by atoms with van der Waals surface area (Å²) < 4.78 is 22.2. The first-order valence-corrected chi connectivity index (χ1v) is 9.14. The lowest BCUT2D eigenvalue weighted by atomic mass is 9.78. The molecule has 2 unspecified atom stereocenters. The number of rotatable bonds is 7. The average Bonchev–Trinajstić information content (AvgIpc) is 3.48. The molecule has 2 fully saturated rings. The minimum Gasteiger partial charge on any atom is -0.485 e. The van der Waals surface area contributed by atoms with E-state index in [1.54, 1.807) is 0 Å². The normalized spacial score (nSPS) is 22.0. The fourth-order valence-corrected chi connectivity index (χ4v) is 3.13. The molecule has 0 N–H and O–H groups in total. The van der Waals surface area contributed by atoms with Gasteiger partial charge in [-0.2, -0.15) is 0 Å². The molecule has 0 spiro atoms. The van der Waals surface area contributed by atoms with Crippen molar-refractivity contribution in [2.24, 2.45) is 0 Å².